The van der Waals surface area contributed by atoms with E-state index < -0.39 is 9.84 Å². The van der Waals surface area contributed by atoms with Crippen LogP contribution >= 0.6 is 11.6 Å². The van der Waals surface area contributed by atoms with E-state index in [1.807, 2.05) is 6.92 Å². The molecule has 2 heterocycles. The number of fused-ring (bicyclic) bond motifs is 1. The zero-order valence-electron chi connectivity index (χ0n) is 17.7. The van der Waals surface area contributed by atoms with Crippen molar-refractivity contribution < 1.29 is 17.9 Å². The fourth-order valence-corrected chi connectivity index (χ4v) is 4.73. The highest BCUT2D eigenvalue weighted by Crippen LogP contribution is 2.30. The van der Waals surface area contributed by atoms with Gasteiger partial charge in [-0.15, -0.1) is 0 Å². The lowest BCUT2D eigenvalue weighted by Gasteiger charge is -2.10. The molecule has 33 heavy (non-hydrogen) atoms. The van der Waals surface area contributed by atoms with Crippen LogP contribution in [0.25, 0.3) is 11.0 Å². The molecular formula is C23H21ClN4O4S. The molecule has 8 nitrogen and oxygen atoms in total. The summed E-state index contributed by atoms with van der Waals surface area (Å²) in [4.78, 5) is 16.8. The van der Waals surface area contributed by atoms with Crippen molar-refractivity contribution in [1.82, 2.24) is 20.5 Å². The van der Waals surface area contributed by atoms with Crippen LogP contribution in [0.15, 0.2) is 70.7 Å². The quantitative estimate of drug-likeness (QED) is 0.388. The molecule has 10 heteroatoms. The fourth-order valence-electron chi connectivity index (χ4n) is 3.15. The number of aromatic nitrogens is 3. The molecule has 0 bridgehead atoms. The Labute approximate surface area is 195 Å². The van der Waals surface area contributed by atoms with Gasteiger partial charge in [0.1, 0.15) is 5.75 Å². The Morgan fingerprint density at radius 3 is 2.58 bits per heavy atom. The van der Waals surface area contributed by atoms with E-state index in [-0.39, 0.29) is 27.3 Å². The Balaban J connectivity index is 1.43. The summed E-state index contributed by atoms with van der Waals surface area (Å²) in [6, 6.07) is 12.4. The van der Waals surface area contributed by atoms with Crippen molar-refractivity contribution in [2.24, 2.45) is 0 Å². The van der Waals surface area contributed by atoms with Gasteiger partial charge in [0.25, 0.3) is 5.91 Å². The molecule has 0 spiro atoms. The third-order valence-electron chi connectivity index (χ3n) is 4.92. The van der Waals surface area contributed by atoms with Crippen LogP contribution < -0.4 is 10.1 Å². The number of ether oxygens (including phenoxy) is 1. The number of pyridine rings is 1. The van der Waals surface area contributed by atoms with Crippen molar-refractivity contribution >= 4 is 38.4 Å². The highest BCUT2D eigenvalue weighted by Gasteiger charge is 2.19. The molecule has 0 fully saturated rings. The van der Waals surface area contributed by atoms with Gasteiger partial charge in [-0.1, -0.05) is 30.7 Å². The first-order valence-corrected chi connectivity index (χ1v) is 12.1. The van der Waals surface area contributed by atoms with Crippen molar-refractivity contribution in [2.75, 3.05) is 6.61 Å². The summed E-state index contributed by atoms with van der Waals surface area (Å²) in [5.74, 6) is 0.160. The first-order chi connectivity index (χ1) is 15.9. The number of hydrogen-bond acceptors (Lipinski definition) is 6. The zero-order chi connectivity index (χ0) is 23.4. The molecule has 2 N–H and O–H groups in total. The Hall–Kier alpha value is -3.43. The second kappa shape index (κ2) is 9.60. The van der Waals surface area contributed by atoms with Gasteiger partial charge in [-0.3, -0.25) is 9.89 Å². The van der Waals surface area contributed by atoms with Crippen molar-refractivity contribution in [3.8, 4) is 5.75 Å². The van der Waals surface area contributed by atoms with Crippen molar-refractivity contribution in [3.05, 3.63) is 77.1 Å². The molecule has 0 saturated heterocycles. The summed E-state index contributed by atoms with van der Waals surface area (Å²) in [6.45, 7) is 2.70. The smallest absolute Gasteiger partial charge is 0.253 e. The first-order valence-electron chi connectivity index (χ1n) is 10.2. The number of carbonyl (C=O) groups is 1. The van der Waals surface area contributed by atoms with Crippen LogP contribution in [-0.4, -0.2) is 36.1 Å². The topological polar surface area (TPSA) is 114 Å². The third-order valence-corrected chi connectivity index (χ3v) is 6.98. The first kappa shape index (κ1) is 22.8. The van der Waals surface area contributed by atoms with Gasteiger partial charge < -0.3 is 10.1 Å². The van der Waals surface area contributed by atoms with Gasteiger partial charge in [0.05, 0.1) is 33.2 Å². The van der Waals surface area contributed by atoms with Crippen LogP contribution in [0.4, 0.5) is 0 Å². The molecule has 2 aromatic heterocycles. The lowest BCUT2D eigenvalue weighted by Crippen LogP contribution is -2.22. The van der Waals surface area contributed by atoms with Crippen molar-refractivity contribution in [2.45, 2.75) is 29.7 Å². The minimum atomic E-state index is -3.75. The number of carbonyl (C=O) groups excluding carboxylic acids is 1. The van der Waals surface area contributed by atoms with Gasteiger partial charge in [0.2, 0.25) is 9.84 Å². The number of sulfone groups is 1. The maximum atomic E-state index is 13.0. The average molecular weight is 485 g/mol. The van der Waals surface area contributed by atoms with Gasteiger partial charge in [-0.05, 0) is 48.4 Å². The average Bonchev–Trinajstić information content (AvgIpc) is 3.30. The number of hydrogen-bond donors (Lipinski definition) is 2. The number of aromatic amines is 1. The summed E-state index contributed by atoms with van der Waals surface area (Å²) in [7, 11) is -3.75. The monoisotopic (exact) mass is 484 g/mol. The molecule has 0 saturated carbocycles. The highest BCUT2D eigenvalue weighted by atomic mass is 35.5. The summed E-state index contributed by atoms with van der Waals surface area (Å²) in [5.41, 5.74) is 1.76. The predicted molar refractivity (Wildman–Crippen MR) is 124 cm³/mol. The Morgan fingerprint density at radius 1 is 1.09 bits per heavy atom. The molecule has 4 aromatic rings. The Morgan fingerprint density at radius 2 is 1.85 bits per heavy atom. The van der Waals surface area contributed by atoms with Crippen LogP contribution in [-0.2, 0) is 16.4 Å². The highest BCUT2D eigenvalue weighted by molar-refractivity contribution is 7.91. The standard InChI is InChI=1S/C23H21ClN4O4S/c1-2-9-32-21-8-7-19(11-20(21)24)33(30,31)18-5-3-15(4-6-18)12-26-23(29)17-10-16-14-27-28-22(16)25-13-17/h3-8,10-11,13-14H,2,9,12H2,1H3,(H,26,29)(H,25,27,28). The second-order valence-electron chi connectivity index (χ2n) is 7.30. The van der Waals surface area contributed by atoms with Crippen LogP contribution in [0.1, 0.15) is 29.3 Å². The lowest BCUT2D eigenvalue weighted by atomic mass is 10.2. The fraction of sp³-hybridized carbons (Fsp3) is 0.174. The number of H-pyrrole nitrogens is 1. The second-order valence-corrected chi connectivity index (χ2v) is 9.66. The van der Waals surface area contributed by atoms with Crippen LogP contribution in [0.5, 0.6) is 5.75 Å². The number of nitrogens with zero attached hydrogens (tertiary/aromatic N) is 2. The summed E-state index contributed by atoms with van der Waals surface area (Å²) in [5, 5.41) is 10.4. The maximum absolute atomic E-state index is 13.0. The van der Waals surface area contributed by atoms with Gasteiger partial charge in [0.15, 0.2) is 5.65 Å². The Kier molecular flexibility index (Phi) is 6.62. The number of rotatable bonds is 8. The SMILES string of the molecule is CCCOc1ccc(S(=O)(=O)c2ccc(CNC(=O)c3cnc4[nH]ncc4c3)cc2)cc1Cl. The van der Waals surface area contributed by atoms with E-state index in [1.165, 1.54) is 30.5 Å². The Bertz CT molecular complexity index is 1400. The molecule has 170 valence electrons. The summed E-state index contributed by atoms with van der Waals surface area (Å²) < 4.78 is 31.5. The zero-order valence-corrected chi connectivity index (χ0v) is 19.3. The normalized spacial score (nSPS) is 11.5. The van der Waals surface area contributed by atoms with Crippen LogP contribution in [0.3, 0.4) is 0 Å². The minimum Gasteiger partial charge on any atom is -0.492 e. The molecule has 0 atom stereocenters. The number of halogens is 1. The lowest BCUT2D eigenvalue weighted by molar-refractivity contribution is 0.0950. The number of nitrogens with one attached hydrogen (secondary N) is 2. The van der Waals surface area contributed by atoms with Crippen LogP contribution in [0, 0.1) is 0 Å². The van der Waals surface area contributed by atoms with Crippen molar-refractivity contribution in [3.63, 3.8) is 0 Å². The van der Waals surface area contributed by atoms with Gasteiger partial charge in [-0.25, -0.2) is 13.4 Å². The minimum absolute atomic E-state index is 0.0829. The molecule has 0 radical (unpaired) electrons. The third kappa shape index (κ3) is 4.99. The number of benzene rings is 2. The van der Waals surface area contributed by atoms with E-state index in [9.17, 15) is 13.2 Å². The predicted octanol–water partition coefficient (Wildman–Crippen LogP) is 4.16. The molecule has 2 aromatic carbocycles. The summed E-state index contributed by atoms with van der Waals surface area (Å²) in [6.07, 6.45) is 3.88. The van der Waals surface area contributed by atoms with E-state index in [2.05, 4.69) is 20.5 Å². The molecule has 0 aliphatic rings. The molecule has 0 aliphatic carbocycles. The van der Waals surface area contributed by atoms with E-state index in [1.54, 1.807) is 30.5 Å². The van der Waals surface area contributed by atoms with E-state index in [0.29, 0.717) is 23.6 Å². The largest absolute Gasteiger partial charge is 0.492 e. The molecule has 4 rings (SSSR count). The van der Waals surface area contributed by atoms with E-state index >= 15 is 0 Å². The van der Waals surface area contributed by atoms with E-state index in [0.717, 1.165) is 17.4 Å². The van der Waals surface area contributed by atoms with Gasteiger partial charge in [-0.2, -0.15) is 5.10 Å². The molecule has 0 unspecified atom stereocenters. The number of amides is 1. The molecule has 0 aliphatic heterocycles. The van der Waals surface area contributed by atoms with Crippen molar-refractivity contribution in [1.29, 1.82) is 0 Å². The molecular weight excluding hydrogens is 464 g/mol. The van der Waals surface area contributed by atoms with Crippen LogP contribution in [0.2, 0.25) is 5.02 Å². The van der Waals surface area contributed by atoms with E-state index in [4.69, 9.17) is 16.3 Å². The van der Waals surface area contributed by atoms with Gasteiger partial charge >= 0.3 is 0 Å². The summed E-state index contributed by atoms with van der Waals surface area (Å²) >= 11 is 6.19. The molecule has 1 amide bonds. The van der Waals surface area contributed by atoms with Gasteiger partial charge in [0, 0.05) is 18.1 Å². The maximum Gasteiger partial charge on any atom is 0.253 e.